The molecular formula is C16H19ClN2O. The van der Waals surface area contributed by atoms with E-state index in [1.54, 1.807) is 0 Å². The van der Waals surface area contributed by atoms with Crippen LogP contribution < -0.4 is 16.0 Å². The molecule has 2 rings (SSSR count). The third-order valence-electron chi connectivity index (χ3n) is 3.23. The molecule has 0 aromatic heterocycles. The van der Waals surface area contributed by atoms with Crippen molar-refractivity contribution in [2.24, 2.45) is 5.84 Å². The average Bonchev–Trinajstić information content (AvgIpc) is 2.45. The molecule has 0 aliphatic heterocycles. The Bertz CT molecular complexity index is 586. The van der Waals surface area contributed by atoms with E-state index in [-0.39, 0.29) is 6.04 Å². The minimum absolute atomic E-state index is 0.157. The first-order valence-corrected chi connectivity index (χ1v) is 6.99. The standard InChI is InChI=1S/C16H19ClN2O/c1-3-20-15-7-5-4-6-13(15)16(19-18)12-9-8-11(2)14(17)10-12/h4-10,16,19H,3,18H2,1-2H3. The quantitative estimate of drug-likeness (QED) is 0.653. The Hall–Kier alpha value is -1.55. The lowest BCUT2D eigenvalue weighted by Crippen LogP contribution is -2.29. The van der Waals surface area contributed by atoms with E-state index in [1.807, 2.05) is 56.3 Å². The summed E-state index contributed by atoms with van der Waals surface area (Å²) in [6.45, 7) is 4.55. The third kappa shape index (κ3) is 3.12. The summed E-state index contributed by atoms with van der Waals surface area (Å²) in [6.07, 6.45) is 0. The van der Waals surface area contributed by atoms with E-state index in [2.05, 4.69) is 5.43 Å². The van der Waals surface area contributed by atoms with Crippen LogP contribution in [-0.4, -0.2) is 6.61 Å². The second kappa shape index (κ2) is 6.75. The van der Waals surface area contributed by atoms with Gasteiger partial charge in [-0.25, -0.2) is 5.43 Å². The van der Waals surface area contributed by atoms with Gasteiger partial charge in [0.25, 0.3) is 0 Å². The van der Waals surface area contributed by atoms with Crippen LogP contribution in [0.1, 0.15) is 29.7 Å². The molecule has 0 spiro atoms. The lowest BCUT2D eigenvalue weighted by atomic mass is 9.97. The van der Waals surface area contributed by atoms with Crippen molar-refractivity contribution in [2.45, 2.75) is 19.9 Å². The maximum atomic E-state index is 6.20. The summed E-state index contributed by atoms with van der Waals surface area (Å²) in [4.78, 5) is 0. The molecule has 20 heavy (non-hydrogen) atoms. The maximum Gasteiger partial charge on any atom is 0.124 e. The fourth-order valence-electron chi connectivity index (χ4n) is 2.16. The zero-order valence-corrected chi connectivity index (χ0v) is 12.4. The molecule has 3 nitrogen and oxygen atoms in total. The summed E-state index contributed by atoms with van der Waals surface area (Å²) >= 11 is 6.20. The molecule has 4 heteroatoms. The molecule has 0 saturated heterocycles. The summed E-state index contributed by atoms with van der Waals surface area (Å²) in [6, 6.07) is 13.7. The Kier molecular flexibility index (Phi) is 5.01. The van der Waals surface area contributed by atoms with Gasteiger partial charge in [-0.1, -0.05) is 41.9 Å². The van der Waals surface area contributed by atoms with Gasteiger partial charge in [-0.15, -0.1) is 0 Å². The van der Waals surface area contributed by atoms with Gasteiger partial charge in [0, 0.05) is 10.6 Å². The third-order valence-corrected chi connectivity index (χ3v) is 3.63. The molecular weight excluding hydrogens is 272 g/mol. The summed E-state index contributed by atoms with van der Waals surface area (Å²) in [5.74, 6) is 6.57. The highest BCUT2D eigenvalue weighted by atomic mass is 35.5. The fourth-order valence-corrected chi connectivity index (χ4v) is 2.35. The van der Waals surface area contributed by atoms with Gasteiger partial charge in [0.15, 0.2) is 0 Å². The normalized spacial score (nSPS) is 12.2. The van der Waals surface area contributed by atoms with Crippen LogP contribution in [0.4, 0.5) is 0 Å². The number of halogens is 1. The van der Waals surface area contributed by atoms with E-state index in [0.717, 1.165) is 27.5 Å². The first-order valence-electron chi connectivity index (χ1n) is 6.61. The van der Waals surface area contributed by atoms with Gasteiger partial charge < -0.3 is 4.74 Å². The monoisotopic (exact) mass is 290 g/mol. The van der Waals surface area contributed by atoms with Gasteiger partial charge in [0.2, 0.25) is 0 Å². The number of benzene rings is 2. The van der Waals surface area contributed by atoms with Crippen molar-refractivity contribution >= 4 is 11.6 Å². The Morgan fingerprint density at radius 2 is 2.00 bits per heavy atom. The van der Waals surface area contributed by atoms with Gasteiger partial charge in [-0.2, -0.15) is 0 Å². The van der Waals surface area contributed by atoms with E-state index < -0.39 is 0 Å². The summed E-state index contributed by atoms with van der Waals surface area (Å²) in [7, 11) is 0. The Labute approximate surface area is 124 Å². The number of nitrogens with one attached hydrogen (secondary N) is 1. The maximum absolute atomic E-state index is 6.20. The minimum Gasteiger partial charge on any atom is -0.494 e. The van der Waals surface area contributed by atoms with Crippen molar-refractivity contribution in [1.29, 1.82) is 0 Å². The molecule has 0 aliphatic carbocycles. The topological polar surface area (TPSA) is 47.3 Å². The van der Waals surface area contributed by atoms with Crippen molar-refractivity contribution < 1.29 is 4.74 Å². The first-order chi connectivity index (χ1) is 9.67. The highest BCUT2D eigenvalue weighted by molar-refractivity contribution is 6.31. The van der Waals surface area contributed by atoms with Crippen molar-refractivity contribution in [1.82, 2.24) is 5.43 Å². The second-order valence-corrected chi connectivity index (χ2v) is 4.99. The van der Waals surface area contributed by atoms with Crippen LogP contribution in [0.15, 0.2) is 42.5 Å². The number of hydrazine groups is 1. The number of hydrogen-bond acceptors (Lipinski definition) is 3. The van der Waals surface area contributed by atoms with E-state index in [0.29, 0.717) is 6.61 Å². The molecule has 1 unspecified atom stereocenters. The van der Waals surface area contributed by atoms with Crippen LogP contribution in [-0.2, 0) is 0 Å². The summed E-state index contributed by atoms with van der Waals surface area (Å²) in [5, 5.41) is 0.733. The second-order valence-electron chi connectivity index (χ2n) is 4.58. The molecule has 3 N–H and O–H groups in total. The molecule has 0 radical (unpaired) electrons. The van der Waals surface area contributed by atoms with Gasteiger partial charge in [0.1, 0.15) is 5.75 Å². The number of para-hydroxylation sites is 1. The van der Waals surface area contributed by atoms with Gasteiger partial charge >= 0.3 is 0 Å². The molecule has 0 saturated carbocycles. The van der Waals surface area contributed by atoms with Crippen LogP contribution in [0.3, 0.4) is 0 Å². The van der Waals surface area contributed by atoms with Gasteiger partial charge in [-0.3, -0.25) is 5.84 Å². The zero-order chi connectivity index (χ0) is 14.5. The molecule has 1 atom stereocenters. The van der Waals surface area contributed by atoms with Crippen molar-refractivity contribution in [2.75, 3.05) is 6.61 Å². The fraction of sp³-hybridized carbons (Fsp3) is 0.250. The van der Waals surface area contributed by atoms with E-state index in [4.69, 9.17) is 22.2 Å². The van der Waals surface area contributed by atoms with E-state index in [9.17, 15) is 0 Å². The molecule has 0 fully saturated rings. The average molecular weight is 291 g/mol. The molecule has 0 amide bonds. The number of nitrogens with two attached hydrogens (primary N) is 1. The smallest absolute Gasteiger partial charge is 0.124 e. The van der Waals surface area contributed by atoms with E-state index in [1.165, 1.54) is 0 Å². The van der Waals surface area contributed by atoms with Crippen LogP contribution in [0.25, 0.3) is 0 Å². The predicted molar refractivity (Wildman–Crippen MR) is 83.0 cm³/mol. The van der Waals surface area contributed by atoms with Crippen molar-refractivity contribution in [3.05, 3.63) is 64.2 Å². The number of hydrogen-bond donors (Lipinski definition) is 2. The zero-order valence-electron chi connectivity index (χ0n) is 11.7. The summed E-state index contributed by atoms with van der Waals surface area (Å²) < 4.78 is 5.67. The van der Waals surface area contributed by atoms with Crippen LogP contribution >= 0.6 is 11.6 Å². The van der Waals surface area contributed by atoms with Gasteiger partial charge in [0.05, 0.1) is 12.6 Å². The largest absolute Gasteiger partial charge is 0.494 e. The number of aryl methyl sites for hydroxylation is 1. The molecule has 0 aliphatic rings. The minimum atomic E-state index is -0.157. The Morgan fingerprint density at radius 1 is 1.25 bits per heavy atom. The predicted octanol–water partition coefficient (Wildman–Crippen LogP) is 3.60. The summed E-state index contributed by atoms with van der Waals surface area (Å²) in [5.41, 5.74) is 5.89. The molecule has 0 heterocycles. The molecule has 106 valence electrons. The van der Waals surface area contributed by atoms with Crippen LogP contribution in [0.2, 0.25) is 5.02 Å². The van der Waals surface area contributed by atoms with Crippen molar-refractivity contribution in [3.63, 3.8) is 0 Å². The van der Waals surface area contributed by atoms with Gasteiger partial charge in [-0.05, 0) is 37.1 Å². The lowest BCUT2D eigenvalue weighted by molar-refractivity contribution is 0.333. The Morgan fingerprint density at radius 3 is 2.65 bits per heavy atom. The van der Waals surface area contributed by atoms with Crippen LogP contribution in [0.5, 0.6) is 5.75 Å². The molecule has 0 bridgehead atoms. The number of rotatable bonds is 5. The first kappa shape index (κ1) is 14.9. The SMILES string of the molecule is CCOc1ccccc1C(NN)c1ccc(C)c(Cl)c1. The van der Waals surface area contributed by atoms with Crippen LogP contribution in [0, 0.1) is 6.92 Å². The highest BCUT2D eigenvalue weighted by Gasteiger charge is 2.17. The lowest BCUT2D eigenvalue weighted by Gasteiger charge is -2.20. The van der Waals surface area contributed by atoms with E-state index >= 15 is 0 Å². The highest BCUT2D eigenvalue weighted by Crippen LogP contribution is 2.31. The van der Waals surface area contributed by atoms with Crippen molar-refractivity contribution in [3.8, 4) is 5.75 Å². The molecule has 2 aromatic rings. The Balaban J connectivity index is 2.44. The number of ether oxygens (including phenoxy) is 1. The molecule has 2 aromatic carbocycles.